The number of hydrogen-bond donors (Lipinski definition) is 0. The van der Waals surface area contributed by atoms with Crippen LogP contribution in [-0.2, 0) is 25.5 Å². The van der Waals surface area contributed by atoms with E-state index in [1.807, 2.05) is 37.3 Å². The van der Waals surface area contributed by atoms with E-state index in [1.165, 1.54) is 12.0 Å². The Bertz CT molecular complexity index is 759. The number of allylic oxidation sites excluding steroid dienone is 2. The van der Waals surface area contributed by atoms with E-state index in [2.05, 4.69) is 0 Å². The van der Waals surface area contributed by atoms with Crippen LogP contribution in [0.25, 0.3) is 0 Å². The van der Waals surface area contributed by atoms with E-state index in [1.54, 1.807) is 7.11 Å². The van der Waals surface area contributed by atoms with Crippen molar-refractivity contribution in [3.8, 4) is 5.75 Å². The van der Waals surface area contributed by atoms with Gasteiger partial charge in [-0.25, -0.2) is 0 Å². The molecule has 6 heteroatoms. The van der Waals surface area contributed by atoms with Gasteiger partial charge in [-0.05, 0) is 36.5 Å². The maximum absolute atomic E-state index is 13.0. The van der Waals surface area contributed by atoms with Gasteiger partial charge in [0, 0.05) is 0 Å². The van der Waals surface area contributed by atoms with Crippen LogP contribution in [-0.4, -0.2) is 36.9 Å². The molecule has 2 aliphatic rings. The van der Waals surface area contributed by atoms with Gasteiger partial charge in [0.25, 0.3) is 0 Å². The molecule has 6 nitrogen and oxygen atoms in total. The molecular weight excluding hydrogens is 346 g/mol. The number of ether oxygens (including phenoxy) is 2. The second kappa shape index (κ2) is 7.94. The van der Waals surface area contributed by atoms with Crippen molar-refractivity contribution in [2.45, 2.75) is 38.6 Å². The molecule has 2 amide bonds. The number of hydrogen-bond acceptors (Lipinski definition) is 5. The largest absolute Gasteiger partial charge is 0.496 e. The van der Waals surface area contributed by atoms with Gasteiger partial charge < -0.3 is 9.47 Å². The lowest BCUT2D eigenvalue weighted by Crippen LogP contribution is -2.36. The van der Waals surface area contributed by atoms with Crippen LogP contribution in [0.1, 0.15) is 43.4 Å². The number of carbonyl (C=O) groups is 3. The fraction of sp³-hybridized carbons (Fsp3) is 0.476. The number of nitrogens with zero attached hydrogens (tertiary/aromatic N) is 1. The number of rotatable bonds is 6. The third-order valence-corrected chi connectivity index (χ3v) is 5.52. The fourth-order valence-electron chi connectivity index (χ4n) is 3.99. The van der Waals surface area contributed by atoms with Gasteiger partial charge in [0.05, 0.1) is 38.5 Å². The molecule has 3 atom stereocenters. The Morgan fingerprint density at radius 1 is 1.15 bits per heavy atom. The molecule has 1 aromatic carbocycles. The molecule has 1 fully saturated rings. The highest BCUT2D eigenvalue weighted by Gasteiger charge is 2.50. The van der Waals surface area contributed by atoms with Gasteiger partial charge in [0.15, 0.2) is 0 Å². The molecule has 0 bridgehead atoms. The van der Waals surface area contributed by atoms with E-state index >= 15 is 0 Å². The summed E-state index contributed by atoms with van der Waals surface area (Å²) < 4.78 is 10.3. The number of esters is 1. The molecule has 3 rings (SSSR count). The first-order valence-electron chi connectivity index (χ1n) is 9.27. The van der Waals surface area contributed by atoms with Crippen LogP contribution >= 0.6 is 0 Å². The molecule has 0 aromatic heterocycles. The average molecular weight is 371 g/mol. The van der Waals surface area contributed by atoms with Gasteiger partial charge in [-0.15, -0.1) is 0 Å². The van der Waals surface area contributed by atoms with E-state index in [0.717, 1.165) is 12.0 Å². The molecule has 1 aliphatic heterocycles. The van der Waals surface area contributed by atoms with Gasteiger partial charge >= 0.3 is 5.97 Å². The summed E-state index contributed by atoms with van der Waals surface area (Å²) >= 11 is 0. The van der Waals surface area contributed by atoms with Gasteiger partial charge in [-0.2, -0.15) is 0 Å². The summed E-state index contributed by atoms with van der Waals surface area (Å²) in [6.45, 7) is 2.02. The van der Waals surface area contributed by atoms with Crippen molar-refractivity contribution in [3.05, 3.63) is 41.5 Å². The summed E-state index contributed by atoms with van der Waals surface area (Å²) in [5.41, 5.74) is 1.72. The molecule has 0 radical (unpaired) electrons. The van der Waals surface area contributed by atoms with Crippen LogP contribution in [0.15, 0.2) is 30.4 Å². The Labute approximate surface area is 159 Å². The fourth-order valence-corrected chi connectivity index (χ4v) is 3.99. The zero-order valence-corrected chi connectivity index (χ0v) is 15.9. The number of amides is 2. The minimum Gasteiger partial charge on any atom is -0.496 e. The van der Waals surface area contributed by atoms with Crippen molar-refractivity contribution < 1.29 is 23.9 Å². The summed E-state index contributed by atoms with van der Waals surface area (Å²) in [7, 11) is 2.89. The lowest BCUT2D eigenvalue weighted by molar-refractivity contribution is -0.147. The predicted octanol–water partition coefficient (Wildman–Crippen LogP) is 2.81. The first-order chi connectivity index (χ1) is 13.0. The van der Waals surface area contributed by atoms with Gasteiger partial charge in [0.2, 0.25) is 11.8 Å². The van der Waals surface area contributed by atoms with E-state index < -0.39 is 12.0 Å². The molecule has 0 N–H and O–H groups in total. The van der Waals surface area contributed by atoms with Crippen molar-refractivity contribution in [2.75, 3.05) is 14.2 Å². The lowest BCUT2D eigenvalue weighted by atomic mass is 9.85. The summed E-state index contributed by atoms with van der Waals surface area (Å²) in [6, 6.07) is 4.89. The van der Waals surface area contributed by atoms with Crippen LogP contribution in [0.5, 0.6) is 5.75 Å². The molecule has 144 valence electrons. The normalized spacial score (nSPS) is 22.6. The van der Waals surface area contributed by atoms with Crippen LogP contribution in [0.2, 0.25) is 0 Å². The minimum absolute atomic E-state index is 0.0739. The summed E-state index contributed by atoms with van der Waals surface area (Å²) in [4.78, 5) is 39.3. The average Bonchev–Trinajstić information content (AvgIpc) is 2.96. The lowest BCUT2D eigenvalue weighted by Gasteiger charge is -2.27. The van der Waals surface area contributed by atoms with Gasteiger partial charge in [-0.1, -0.05) is 31.2 Å². The number of carbonyl (C=O) groups excluding carboxylic acids is 3. The van der Waals surface area contributed by atoms with Crippen molar-refractivity contribution in [2.24, 2.45) is 11.8 Å². The molecule has 1 saturated heterocycles. The van der Waals surface area contributed by atoms with E-state index in [-0.39, 0.29) is 30.1 Å². The van der Waals surface area contributed by atoms with Crippen LogP contribution < -0.4 is 4.74 Å². The summed E-state index contributed by atoms with van der Waals surface area (Å²) in [5.74, 6) is -0.863. The Balaban J connectivity index is 2.00. The molecule has 1 aliphatic carbocycles. The number of methoxy groups -OCH3 is 2. The number of fused-ring (bicyclic) bond motifs is 1. The number of benzene rings is 1. The molecule has 1 heterocycles. The third kappa shape index (κ3) is 3.48. The Morgan fingerprint density at radius 2 is 1.78 bits per heavy atom. The SMILES string of the molecule is CCc1ccc(C(CC(=O)OC)N2C(=O)C3CC=CCC3C2=O)cc1OC. The van der Waals surface area contributed by atoms with Crippen LogP contribution in [0, 0.1) is 11.8 Å². The second-order valence-electron chi connectivity index (χ2n) is 6.92. The van der Waals surface area contributed by atoms with Crippen molar-refractivity contribution in [1.82, 2.24) is 4.90 Å². The molecule has 27 heavy (non-hydrogen) atoms. The topological polar surface area (TPSA) is 72.9 Å². The molecule has 0 spiro atoms. The van der Waals surface area contributed by atoms with Crippen molar-refractivity contribution >= 4 is 17.8 Å². The van der Waals surface area contributed by atoms with Crippen molar-refractivity contribution in [1.29, 1.82) is 0 Å². The molecule has 0 saturated carbocycles. The highest BCUT2D eigenvalue weighted by molar-refractivity contribution is 6.06. The number of imide groups is 1. The monoisotopic (exact) mass is 371 g/mol. The molecule has 1 aromatic rings. The zero-order chi connectivity index (χ0) is 19.6. The zero-order valence-electron chi connectivity index (χ0n) is 15.9. The minimum atomic E-state index is -0.692. The standard InChI is InChI=1S/C21H25NO5/c1-4-13-9-10-14(11-18(13)26-2)17(12-19(23)27-3)22-20(24)15-7-5-6-8-16(15)21(22)25/h5-6,9-11,15-17H,4,7-8,12H2,1-3H3. The van der Waals surface area contributed by atoms with E-state index in [0.29, 0.717) is 24.2 Å². The number of aryl methyl sites for hydroxylation is 1. The Kier molecular flexibility index (Phi) is 5.63. The van der Waals surface area contributed by atoms with E-state index in [9.17, 15) is 14.4 Å². The van der Waals surface area contributed by atoms with Crippen LogP contribution in [0.3, 0.4) is 0 Å². The second-order valence-corrected chi connectivity index (χ2v) is 6.92. The highest BCUT2D eigenvalue weighted by atomic mass is 16.5. The van der Waals surface area contributed by atoms with Crippen LogP contribution in [0.4, 0.5) is 0 Å². The quantitative estimate of drug-likeness (QED) is 0.437. The van der Waals surface area contributed by atoms with Gasteiger partial charge in [-0.3, -0.25) is 19.3 Å². The third-order valence-electron chi connectivity index (χ3n) is 5.52. The number of likely N-dealkylation sites (tertiary alicyclic amines) is 1. The maximum atomic E-state index is 13.0. The summed E-state index contributed by atoms with van der Waals surface area (Å²) in [6.07, 6.45) is 5.75. The Morgan fingerprint density at radius 3 is 2.30 bits per heavy atom. The first-order valence-corrected chi connectivity index (χ1v) is 9.27. The van der Waals surface area contributed by atoms with E-state index in [4.69, 9.17) is 9.47 Å². The summed E-state index contributed by atoms with van der Waals surface area (Å²) in [5, 5.41) is 0. The smallest absolute Gasteiger partial charge is 0.307 e. The molecule has 3 unspecified atom stereocenters. The molecular formula is C21H25NO5. The van der Waals surface area contributed by atoms with Gasteiger partial charge in [0.1, 0.15) is 5.75 Å². The predicted molar refractivity (Wildman–Crippen MR) is 99.0 cm³/mol. The maximum Gasteiger partial charge on any atom is 0.307 e. The Hall–Kier alpha value is -2.63. The van der Waals surface area contributed by atoms with Crippen molar-refractivity contribution in [3.63, 3.8) is 0 Å². The first kappa shape index (κ1) is 19.1. The highest BCUT2D eigenvalue weighted by Crippen LogP contribution is 2.41.